The minimum absolute atomic E-state index is 0.000728. The van der Waals surface area contributed by atoms with E-state index < -0.39 is 0 Å². The van der Waals surface area contributed by atoms with Gasteiger partial charge in [0.15, 0.2) is 0 Å². The number of nitrogens with one attached hydrogen (secondary N) is 1. The van der Waals surface area contributed by atoms with E-state index >= 15 is 0 Å². The van der Waals surface area contributed by atoms with E-state index in [0.717, 1.165) is 12.0 Å². The zero-order chi connectivity index (χ0) is 15.2. The highest BCUT2D eigenvalue weighted by Gasteiger charge is 2.10. The fraction of sp³-hybridized carbons (Fsp3) is 0.316. The molecule has 2 rings (SSSR count). The highest BCUT2D eigenvalue weighted by molar-refractivity contribution is 5.94. The summed E-state index contributed by atoms with van der Waals surface area (Å²) in [5, 5.41) is 2.93. The van der Waals surface area contributed by atoms with E-state index in [9.17, 15) is 4.79 Å². The molecule has 0 heterocycles. The van der Waals surface area contributed by atoms with Crippen molar-refractivity contribution in [1.29, 1.82) is 0 Å². The second-order valence-corrected chi connectivity index (χ2v) is 5.84. The SMILES string of the molecule is CC(C)NC(=O)c1cccc(CC(C)c2ccccc2)c1. The van der Waals surface area contributed by atoms with Crippen molar-refractivity contribution >= 4 is 5.91 Å². The zero-order valence-electron chi connectivity index (χ0n) is 13.0. The van der Waals surface area contributed by atoms with Crippen LogP contribution in [-0.4, -0.2) is 11.9 Å². The Morgan fingerprint density at radius 3 is 2.38 bits per heavy atom. The Bertz CT molecular complexity index is 590. The van der Waals surface area contributed by atoms with Gasteiger partial charge in [-0.25, -0.2) is 0 Å². The number of amides is 1. The first-order valence-electron chi connectivity index (χ1n) is 7.51. The number of carbonyl (C=O) groups is 1. The van der Waals surface area contributed by atoms with Gasteiger partial charge in [0.05, 0.1) is 0 Å². The molecule has 0 saturated carbocycles. The van der Waals surface area contributed by atoms with Crippen molar-refractivity contribution in [2.45, 2.75) is 39.2 Å². The van der Waals surface area contributed by atoms with Gasteiger partial charge >= 0.3 is 0 Å². The van der Waals surface area contributed by atoms with E-state index in [0.29, 0.717) is 5.92 Å². The van der Waals surface area contributed by atoms with Crippen molar-refractivity contribution in [2.24, 2.45) is 0 Å². The van der Waals surface area contributed by atoms with Crippen LogP contribution in [0.15, 0.2) is 54.6 Å². The summed E-state index contributed by atoms with van der Waals surface area (Å²) in [7, 11) is 0. The maximum absolute atomic E-state index is 12.1. The van der Waals surface area contributed by atoms with Gasteiger partial charge in [-0.3, -0.25) is 4.79 Å². The average Bonchev–Trinajstić information content (AvgIpc) is 2.47. The third-order valence-electron chi connectivity index (χ3n) is 3.52. The first-order valence-corrected chi connectivity index (χ1v) is 7.51. The van der Waals surface area contributed by atoms with E-state index in [1.54, 1.807) is 0 Å². The molecule has 0 fully saturated rings. The molecule has 1 amide bonds. The molecule has 0 aliphatic carbocycles. The normalized spacial score (nSPS) is 12.2. The van der Waals surface area contributed by atoms with Gasteiger partial charge in [-0.1, -0.05) is 49.4 Å². The molecule has 0 aromatic heterocycles. The smallest absolute Gasteiger partial charge is 0.251 e. The number of hydrogen-bond donors (Lipinski definition) is 1. The van der Waals surface area contributed by atoms with Gasteiger partial charge in [0.2, 0.25) is 0 Å². The highest BCUT2D eigenvalue weighted by atomic mass is 16.1. The lowest BCUT2D eigenvalue weighted by atomic mass is 9.93. The molecule has 0 saturated heterocycles. The lowest BCUT2D eigenvalue weighted by Crippen LogP contribution is -2.30. The van der Waals surface area contributed by atoms with Crippen molar-refractivity contribution in [2.75, 3.05) is 0 Å². The number of rotatable bonds is 5. The summed E-state index contributed by atoms with van der Waals surface area (Å²) in [5.41, 5.74) is 3.26. The summed E-state index contributed by atoms with van der Waals surface area (Å²) in [5.74, 6) is 0.439. The van der Waals surface area contributed by atoms with Crippen molar-refractivity contribution in [1.82, 2.24) is 5.32 Å². The molecular formula is C19H23NO. The molecule has 21 heavy (non-hydrogen) atoms. The average molecular weight is 281 g/mol. The molecule has 2 nitrogen and oxygen atoms in total. The first kappa shape index (κ1) is 15.3. The number of carbonyl (C=O) groups excluding carboxylic acids is 1. The lowest BCUT2D eigenvalue weighted by Gasteiger charge is -2.13. The molecule has 2 heteroatoms. The standard InChI is InChI=1S/C19H23NO/c1-14(2)20-19(21)18-11-7-8-16(13-18)12-15(3)17-9-5-4-6-10-17/h4-11,13-15H,12H2,1-3H3,(H,20,21). The minimum Gasteiger partial charge on any atom is -0.350 e. The molecule has 2 aromatic rings. The molecule has 110 valence electrons. The minimum atomic E-state index is -0.000728. The third kappa shape index (κ3) is 4.45. The molecule has 1 atom stereocenters. The van der Waals surface area contributed by atoms with Crippen LogP contribution in [0, 0.1) is 0 Å². The van der Waals surface area contributed by atoms with Gasteiger partial charge in [0, 0.05) is 11.6 Å². The van der Waals surface area contributed by atoms with Gasteiger partial charge < -0.3 is 5.32 Å². The first-order chi connectivity index (χ1) is 10.1. The van der Waals surface area contributed by atoms with E-state index in [2.05, 4.69) is 42.6 Å². The Hall–Kier alpha value is -2.09. The summed E-state index contributed by atoms with van der Waals surface area (Å²) in [6, 6.07) is 18.5. The second-order valence-electron chi connectivity index (χ2n) is 5.84. The fourth-order valence-electron chi connectivity index (χ4n) is 2.44. The van der Waals surface area contributed by atoms with Crippen LogP contribution in [0.4, 0.5) is 0 Å². The van der Waals surface area contributed by atoms with Crippen LogP contribution in [0.5, 0.6) is 0 Å². The molecule has 2 aromatic carbocycles. The fourth-order valence-corrected chi connectivity index (χ4v) is 2.44. The Labute approximate surface area is 127 Å². The monoisotopic (exact) mass is 281 g/mol. The quantitative estimate of drug-likeness (QED) is 0.875. The van der Waals surface area contributed by atoms with E-state index in [-0.39, 0.29) is 11.9 Å². The van der Waals surface area contributed by atoms with Crippen molar-refractivity contribution in [3.05, 3.63) is 71.3 Å². The van der Waals surface area contributed by atoms with Crippen LogP contribution in [0.25, 0.3) is 0 Å². The molecule has 0 spiro atoms. The molecule has 0 aliphatic rings. The van der Waals surface area contributed by atoms with Crippen LogP contribution in [0.3, 0.4) is 0 Å². The predicted molar refractivity (Wildman–Crippen MR) is 87.6 cm³/mol. The van der Waals surface area contributed by atoms with Crippen LogP contribution in [0.2, 0.25) is 0 Å². The van der Waals surface area contributed by atoms with Crippen molar-refractivity contribution in [3.8, 4) is 0 Å². The molecule has 0 radical (unpaired) electrons. The Morgan fingerprint density at radius 2 is 1.71 bits per heavy atom. The Balaban J connectivity index is 2.09. The second kappa shape index (κ2) is 7.07. The van der Waals surface area contributed by atoms with Crippen LogP contribution in [-0.2, 0) is 6.42 Å². The summed E-state index contributed by atoms with van der Waals surface area (Å²) in [6.45, 7) is 6.16. The summed E-state index contributed by atoms with van der Waals surface area (Å²) in [4.78, 5) is 12.1. The Morgan fingerprint density at radius 1 is 1.00 bits per heavy atom. The largest absolute Gasteiger partial charge is 0.350 e. The summed E-state index contributed by atoms with van der Waals surface area (Å²) < 4.78 is 0. The van der Waals surface area contributed by atoms with Crippen molar-refractivity contribution in [3.63, 3.8) is 0 Å². The van der Waals surface area contributed by atoms with E-state index in [1.165, 1.54) is 11.1 Å². The molecule has 1 unspecified atom stereocenters. The predicted octanol–water partition coefficient (Wildman–Crippen LogP) is 4.17. The van der Waals surface area contributed by atoms with Gasteiger partial charge in [0.1, 0.15) is 0 Å². The maximum Gasteiger partial charge on any atom is 0.251 e. The van der Waals surface area contributed by atoms with Crippen LogP contribution < -0.4 is 5.32 Å². The molecule has 1 N–H and O–H groups in total. The summed E-state index contributed by atoms with van der Waals surface area (Å²) >= 11 is 0. The van der Waals surface area contributed by atoms with Gasteiger partial charge in [-0.15, -0.1) is 0 Å². The number of hydrogen-bond acceptors (Lipinski definition) is 1. The lowest BCUT2D eigenvalue weighted by molar-refractivity contribution is 0.0943. The topological polar surface area (TPSA) is 29.1 Å². The molecule has 0 bridgehead atoms. The molecular weight excluding hydrogens is 258 g/mol. The van der Waals surface area contributed by atoms with Gasteiger partial charge in [-0.2, -0.15) is 0 Å². The summed E-state index contributed by atoms with van der Waals surface area (Å²) in [6.07, 6.45) is 0.937. The maximum atomic E-state index is 12.1. The molecule has 0 aliphatic heterocycles. The van der Waals surface area contributed by atoms with Gasteiger partial charge in [0.25, 0.3) is 5.91 Å². The van der Waals surface area contributed by atoms with E-state index in [1.807, 2.05) is 38.1 Å². The van der Waals surface area contributed by atoms with Crippen molar-refractivity contribution < 1.29 is 4.79 Å². The Kier molecular flexibility index (Phi) is 5.15. The highest BCUT2D eigenvalue weighted by Crippen LogP contribution is 2.20. The van der Waals surface area contributed by atoms with E-state index in [4.69, 9.17) is 0 Å². The van der Waals surface area contributed by atoms with Crippen LogP contribution in [0.1, 0.15) is 48.2 Å². The van der Waals surface area contributed by atoms with Crippen LogP contribution >= 0.6 is 0 Å². The van der Waals surface area contributed by atoms with Gasteiger partial charge in [-0.05, 0) is 49.4 Å². The third-order valence-corrected chi connectivity index (χ3v) is 3.52. The zero-order valence-corrected chi connectivity index (χ0v) is 13.0. The number of benzene rings is 2.